The van der Waals surface area contributed by atoms with Crippen LogP contribution < -0.4 is 5.73 Å². The fraction of sp³-hybridized carbons (Fsp3) is 0.917. The average molecular weight is 211 g/mol. The number of carbonyl (C=O) groups is 1. The van der Waals surface area contributed by atoms with Crippen LogP contribution in [0.25, 0.3) is 0 Å². The van der Waals surface area contributed by atoms with Crippen LogP contribution in [0.3, 0.4) is 0 Å². The lowest BCUT2D eigenvalue weighted by molar-refractivity contribution is -0.171. The SMILES string of the molecule is COC(=O)C1(CN)CC2(CCCCC2)C1. The van der Waals surface area contributed by atoms with Gasteiger partial charge in [-0.1, -0.05) is 19.3 Å². The minimum atomic E-state index is -0.341. The van der Waals surface area contributed by atoms with Gasteiger partial charge in [0.15, 0.2) is 0 Å². The molecule has 0 radical (unpaired) electrons. The van der Waals surface area contributed by atoms with Crippen LogP contribution in [0.4, 0.5) is 0 Å². The van der Waals surface area contributed by atoms with Crippen molar-refractivity contribution in [3.8, 4) is 0 Å². The summed E-state index contributed by atoms with van der Waals surface area (Å²) in [6, 6.07) is 0. The number of carbonyl (C=O) groups excluding carboxylic acids is 1. The second-order valence-electron chi connectivity index (χ2n) is 5.39. The van der Waals surface area contributed by atoms with Crippen LogP contribution in [-0.4, -0.2) is 19.6 Å². The van der Waals surface area contributed by atoms with Gasteiger partial charge in [-0.15, -0.1) is 0 Å². The van der Waals surface area contributed by atoms with Crippen LogP contribution in [0, 0.1) is 10.8 Å². The molecule has 0 aromatic heterocycles. The van der Waals surface area contributed by atoms with Gasteiger partial charge in [0.2, 0.25) is 0 Å². The van der Waals surface area contributed by atoms with Gasteiger partial charge in [0.05, 0.1) is 12.5 Å². The van der Waals surface area contributed by atoms with Crippen LogP contribution in [-0.2, 0) is 9.53 Å². The Labute approximate surface area is 91.4 Å². The lowest BCUT2D eigenvalue weighted by Crippen LogP contribution is -2.56. The number of rotatable bonds is 2. The summed E-state index contributed by atoms with van der Waals surface area (Å²) in [4.78, 5) is 11.7. The summed E-state index contributed by atoms with van der Waals surface area (Å²) >= 11 is 0. The number of ether oxygens (including phenoxy) is 1. The molecule has 2 rings (SSSR count). The summed E-state index contributed by atoms with van der Waals surface area (Å²) in [6.45, 7) is 0.446. The molecule has 0 bridgehead atoms. The van der Waals surface area contributed by atoms with Crippen LogP contribution in [0.1, 0.15) is 44.9 Å². The van der Waals surface area contributed by atoms with E-state index in [0.29, 0.717) is 12.0 Å². The highest BCUT2D eigenvalue weighted by atomic mass is 16.5. The van der Waals surface area contributed by atoms with Gasteiger partial charge in [-0.05, 0) is 31.1 Å². The normalized spacial score (nSPS) is 27.1. The summed E-state index contributed by atoms with van der Waals surface area (Å²) < 4.78 is 4.86. The fourth-order valence-electron chi connectivity index (χ4n) is 3.63. The first-order chi connectivity index (χ1) is 7.16. The number of nitrogens with two attached hydrogens (primary N) is 1. The largest absolute Gasteiger partial charge is 0.469 e. The summed E-state index contributed by atoms with van der Waals surface area (Å²) in [7, 11) is 1.46. The first-order valence-electron chi connectivity index (χ1n) is 5.95. The van der Waals surface area contributed by atoms with Gasteiger partial charge in [-0.3, -0.25) is 4.79 Å². The lowest BCUT2D eigenvalue weighted by Gasteiger charge is -2.56. The number of methoxy groups -OCH3 is 1. The fourth-order valence-corrected chi connectivity index (χ4v) is 3.63. The molecule has 2 aliphatic rings. The topological polar surface area (TPSA) is 52.3 Å². The van der Waals surface area contributed by atoms with Gasteiger partial charge < -0.3 is 10.5 Å². The van der Waals surface area contributed by atoms with Crippen molar-refractivity contribution in [1.82, 2.24) is 0 Å². The molecule has 0 aromatic carbocycles. The predicted octanol–water partition coefficient (Wildman–Crippen LogP) is 1.85. The smallest absolute Gasteiger partial charge is 0.313 e. The molecule has 2 aliphatic carbocycles. The highest BCUT2D eigenvalue weighted by molar-refractivity contribution is 5.78. The van der Waals surface area contributed by atoms with Crippen molar-refractivity contribution in [2.75, 3.05) is 13.7 Å². The van der Waals surface area contributed by atoms with Gasteiger partial charge in [0.25, 0.3) is 0 Å². The third-order valence-electron chi connectivity index (χ3n) is 4.35. The first-order valence-corrected chi connectivity index (χ1v) is 5.95. The van der Waals surface area contributed by atoms with E-state index >= 15 is 0 Å². The van der Waals surface area contributed by atoms with Crippen LogP contribution in [0.2, 0.25) is 0 Å². The second-order valence-corrected chi connectivity index (χ2v) is 5.39. The standard InChI is InChI=1S/C12H21NO2/c1-15-10(14)12(9-13)7-11(8-12)5-3-2-4-6-11/h2-9,13H2,1H3. The number of esters is 1. The molecule has 15 heavy (non-hydrogen) atoms. The summed E-state index contributed by atoms with van der Waals surface area (Å²) in [5.74, 6) is -0.0961. The van der Waals surface area contributed by atoms with E-state index in [9.17, 15) is 4.79 Å². The molecule has 86 valence electrons. The average Bonchev–Trinajstić information content (AvgIpc) is 2.25. The molecule has 0 aliphatic heterocycles. The highest BCUT2D eigenvalue weighted by Crippen LogP contribution is 2.61. The van der Waals surface area contributed by atoms with Crippen molar-refractivity contribution in [2.45, 2.75) is 44.9 Å². The second kappa shape index (κ2) is 3.78. The van der Waals surface area contributed by atoms with E-state index in [1.807, 2.05) is 0 Å². The molecule has 0 unspecified atom stereocenters. The first kappa shape index (κ1) is 10.9. The van der Waals surface area contributed by atoms with Gasteiger partial charge in [-0.25, -0.2) is 0 Å². The van der Waals surface area contributed by atoms with Gasteiger partial charge in [-0.2, -0.15) is 0 Å². The van der Waals surface area contributed by atoms with Crippen molar-refractivity contribution >= 4 is 5.97 Å². The van der Waals surface area contributed by atoms with Crippen molar-refractivity contribution in [2.24, 2.45) is 16.6 Å². The van der Waals surface area contributed by atoms with Crippen molar-refractivity contribution in [1.29, 1.82) is 0 Å². The summed E-state index contributed by atoms with van der Waals surface area (Å²) in [5, 5.41) is 0. The van der Waals surface area contributed by atoms with Crippen molar-refractivity contribution < 1.29 is 9.53 Å². The van der Waals surface area contributed by atoms with Crippen LogP contribution in [0.15, 0.2) is 0 Å². The van der Waals surface area contributed by atoms with E-state index in [2.05, 4.69) is 0 Å². The van der Waals surface area contributed by atoms with E-state index in [1.165, 1.54) is 39.2 Å². The maximum atomic E-state index is 11.7. The highest BCUT2D eigenvalue weighted by Gasteiger charge is 2.58. The number of hydrogen-bond acceptors (Lipinski definition) is 3. The monoisotopic (exact) mass is 211 g/mol. The lowest BCUT2D eigenvalue weighted by atomic mass is 9.48. The molecular weight excluding hydrogens is 190 g/mol. The predicted molar refractivity (Wildman–Crippen MR) is 58.3 cm³/mol. The van der Waals surface area contributed by atoms with Crippen molar-refractivity contribution in [3.05, 3.63) is 0 Å². The van der Waals surface area contributed by atoms with Gasteiger partial charge in [0, 0.05) is 6.54 Å². The quantitative estimate of drug-likeness (QED) is 0.709. The molecule has 3 nitrogen and oxygen atoms in total. The molecule has 2 saturated carbocycles. The van der Waals surface area contributed by atoms with Gasteiger partial charge >= 0.3 is 5.97 Å². The van der Waals surface area contributed by atoms with E-state index in [1.54, 1.807) is 0 Å². The molecule has 2 fully saturated rings. The van der Waals surface area contributed by atoms with E-state index in [-0.39, 0.29) is 11.4 Å². The minimum absolute atomic E-state index is 0.0961. The molecule has 0 atom stereocenters. The zero-order valence-corrected chi connectivity index (χ0v) is 9.55. The molecule has 2 N–H and O–H groups in total. The molecule has 0 heterocycles. The Morgan fingerprint density at radius 2 is 1.87 bits per heavy atom. The zero-order chi connectivity index (χ0) is 10.9. The molecular formula is C12H21NO2. The van der Waals surface area contributed by atoms with Gasteiger partial charge in [0.1, 0.15) is 0 Å². The zero-order valence-electron chi connectivity index (χ0n) is 9.55. The molecule has 3 heteroatoms. The Hall–Kier alpha value is -0.570. The Kier molecular flexibility index (Phi) is 2.75. The van der Waals surface area contributed by atoms with E-state index < -0.39 is 0 Å². The maximum absolute atomic E-state index is 11.7. The Morgan fingerprint density at radius 3 is 2.33 bits per heavy atom. The Bertz CT molecular complexity index is 248. The Balaban J connectivity index is 2.01. The minimum Gasteiger partial charge on any atom is -0.469 e. The van der Waals surface area contributed by atoms with Crippen LogP contribution >= 0.6 is 0 Å². The van der Waals surface area contributed by atoms with E-state index in [4.69, 9.17) is 10.5 Å². The number of hydrogen-bond donors (Lipinski definition) is 1. The molecule has 0 saturated heterocycles. The third kappa shape index (κ3) is 1.67. The summed E-state index contributed by atoms with van der Waals surface area (Å²) in [5.41, 5.74) is 5.83. The maximum Gasteiger partial charge on any atom is 0.313 e. The molecule has 0 amide bonds. The molecule has 1 spiro atoms. The summed E-state index contributed by atoms with van der Waals surface area (Å²) in [6.07, 6.45) is 8.49. The Morgan fingerprint density at radius 1 is 1.27 bits per heavy atom. The van der Waals surface area contributed by atoms with Crippen LogP contribution in [0.5, 0.6) is 0 Å². The third-order valence-corrected chi connectivity index (χ3v) is 4.35. The van der Waals surface area contributed by atoms with E-state index in [0.717, 1.165) is 12.8 Å². The van der Waals surface area contributed by atoms with Crippen molar-refractivity contribution in [3.63, 3.8) is 0 Å². The molecule has 0 aromatic rings.